The second-order valence-corrected chi connectivity index (χ2v) is 5.84. The van der Waals surface area contributed by atoms with Crippen molar-refractivity contribution >= 4 is 28.9 Å². The molecule has 3 N–H and O–H groups in total. The summed E-state index contributed by atoms with van der Waals surface area (Å²) >= 11 is 5.10. The third-order valence-electron chi connectivity index (χ3n) is 3.84. The standard InChI is InChI=1S/C14H21N5OS/c1-8-9(2)17-18-13(11(8)12(15)21)16-10(3)14(20)19-6-4-5-7-19/h10H,4-7H2,1-3H3,(H2,15,21)(H,16,18). The van der Waals surface area contributed by atoms with Gasteiger partial charge in [-0.1, -0.05) is 12.2 Å². The van der Waals surface area contributed by atoms with E-state index in [2.05, 4.69) is 15.5 Å². The van der Waals surface area contributed by atoms with Crippen LogP contribution in [0, 0.1) is 13.8 Å². The maximum Gasteiger partial charge on any atom is 0.244 e. The van der Waals surface area contributed by atoms with Gasteiger partial charge in [0.05, 0.1) is 11.3 Å². The number of rotatable bonds is 4. The Hall–Kier alpha value is -1.76. The van der Waals surface area contributed by atoms with Crippen LogP contribution in [0.2, 0.25) is 0 Å². The fourth-order valence-corrected chi connectivity index (χ4v) is 2.74. The van der Waals surface area contributed by atoms with E-state index in [1.165, 1.54) is 0 Å². The lowest BCUT2D eigenvalue weighted by atomic mass is 10.1. The molecule has 6 nitrogen and oxygen atoms in total. The predicted molar refractivity (Wildman–Crippen MR) is 86.3 cm³/mol. The predicted octanol–water partition coefficient (Wildman–Crippen LogP) is 1.15. The molecular formula is C14H21N5OS. The number of aryl methyl sites for hydroxylation is 1. The van der Waals surface area contributed by atoms with Gasteiger partial charge in [-0.2, -0.15) is 5.10 Å². The number of carbonyl (C=O) groups excluding carboxylic acids is 1. The van der Waals surface area contributed by atoms with Crippen LogP contribution < -0.4 is 11.1 Å². The minimum atomic E-state index is -0.382. The fourth-order valence-electron chi connectivity index (χ4n) is 2.49. The Morgan fingerprint density at radius 1 is 1.33 bits per heavy atom. The maximum atomic E-state index is 12.3. The molecule has 0 spiro atoms. The highest BCUT2D eigenvalue weighted by Gasteiger charge is 2.25. The van der Waals surface area contributed by atoms with E-state index in [0.29, 0.717) is 11.4 Å². The molecule has 1 atom stereocenters. The summed E-state index contributed by atoms with van der Waals surface area (Å²) in [6.45, 7) is 7.22. The second-order valence-electron chi connectivity index (χ2n) is 5.40. The molecule has 0 bridgehead atoms. The molecule has 1 fully saturated rings. The number of aromatic nitrogens is 2. The van der Waals surface area contributed by atoms with E-state index in [1.807, 2.05) is 25.7 Å². The molecule has 1 aliphatic heterocycles. The third kappa shape index (κ3) is 3.29. The molecule has 7 heteroatoms. The smallest absolute Gasteiger partial charge is 0.244 e. The quantitative estimate of drug-likeness (QED) is 0.812. The number of hydrogen-bond donors (Lipinski definition) is 2. The Morgan fingerprint density at radius 3 is 2.52 bits per heavy atom. The summed E-state index contributed by atoms with van der Waals surface area (Å²) in [6.07, 6.45) is 2.14. The number of thiocarbonyl (C=S) groups is 1. The number of anilines is 1. The highest BCUT2D eigenvalue weighted by molar-refractivity contribution is 7.80. The molecule has 21 heavy (non-hydrogen) atoms. The number of nitrogens with zero attached hydrogens (tertiary/aromatic N) is 3. The van der Waals surface area contributed by atoms with Crippen molar-refractivity contribution in [2.75, 3.05) is 18.4 Å². The largest absolute Gasteiger partial charge is 0.389 e. The van der Waals surface area contributed by atoms with Gasteiger partial charge in [0.1, 0.15) is 11.0 Å². The van der Waals surface area contributed by atoms with Gasteiger partial charge in [-0.15, -0.1) is 5.10 Å². The number of carbonyl (C=O) groups is 1. The zero-order valence-corrected chi connectivity index (χ0v) is 13.5. The molecule has 2 rings (SSSR count). The Morgan fingerprint density at radius 2 is 1.95 bits per heavy atom. The summed E-state index contributed by atoms with van der Waals surface area (Å²) in [4.78, 5) is 14.5. The number of likely N-dealkylation sites (tertiary alicyclic amines) is 1. The molecule has 1 aliphatic rings. The Kier molecular flexibility index (Phi) is 4.72. The average Bonchev–Trinajstić information content (AvgIpc) is 2.95. The van der Waals surface area contributed by atoms with Crippen LogP contribution in [0.5, 0.6) is 0 Å². The molecule has 2 heterocycles. The summed E-state index contributed by atoms with van der Waals surface area (Å²) < 4.78 is 0. The molecule has 1 unspecified atom stereocenters. The lowest BCUT2D eigenvalue weighted by molar-refractivity contribution is -0.130. The van der Waals surface area contributed by atoms with Crippen molar-refractivity contribution in [2.45, 2.75) is 39.7 Å². The van der Waals surface area contributed by atoms with Gasteiger partial charge >= 0.3 is 0 Å². The van der Waals surface area contributed by atoms with Crippen LogP contribution in [0.3, 0.4) is 0 Å². The van der Waals surface area contributed by atoms with Gasteiger partial charge in [0.15, 0.2) is 5.82 Å². The third-order valence-corrected chi connectivity index (χ3v) is 4.05. The summed E-state index contributed by atoms with van der Waals surface area (Å²) in [7, 11) is 0. The first-order chi connectivity index (χ1) is 9.91. The number of hydrogen-bond acceptors (Lipinski definition) is 5. The maximum absolute atomic E-state index is 12.3. The SMILES string of the molecule is Cc1nnc(NC(C)C(=O)N2CCCC2)c(C(N)=S)c1C. The van der Waals surface area contributed by atoms with Crippen molar-refractivity contribution in [3.8, 4) is 0 Å². The lowest BCUT2D eigenvalue weighted by Crippen LogP contribution is -2.40. The normalized spacial score (nSPS) is 15.9. The van der Waals surface area contributed by atoms with Crippen molar-refractivity contribution in [1.82, 2.24) is 15.1 Å². The van der Waals surface area contributed by atoms with Crippen LogP contribution in [-0.2, 0) is 4.79 Å². The molecule has 0 aromatic carbocycles. The van der Waals surface area contributed by atoms with E-state index in [9.17, 15) is 4.79 Å². The summed E-state index contributed by atoms with van der Waals surface area (Å²) in [5, 5.41) is 11.3. The van der Waals surface area contributed by atoms with Gasteiger partial charge in [0, 0.05) is 13.1 Å². The molecule has 0 radical (unpaired) electrons. The molecule has 0 saturated carbocycles. The number of amides is 1. The van der Waals surface area contributed by atoms with E-state index >= 15 is 0 Å². The van der Waals surface area contributed by atoms with E-state index in [1.54, 1.807) is 0 Å². The fraction of sp³-hybridized carbons (Fsp3) is 0.571. The minimum absolute atomic E-state index is 0.0708. The van der Waals surface area contributed by atoms with Crippen molar-refractivity contribution < 1.29 is 4.79 Å². The number of nitrogens with one attached hydrogen (secondary N) is 1. The van der Waals surface area contributed by atoms with Gasteiger partial charge in [-0.3, -0.25) is 4.79 Å². The summed E-state index contributed by atoms with van der Waals surface area (Å²) in [6, 6.07) is -0.382. The number of nitrogens with two attached hydrogens (primary N) is 1. The highest BCUT2D eigenvalue weighted by atomic mass is 32.1. The molecule has 1 aromatic rings. The molecule has 1 saturated heterocycles. The van der Waals surface area contributed by atoms with Crippen molar-refractivity contribution in [3.63, 3.8) is 0 Å². The summed E-state index contributed by atoms with van der Waals surface area (Å²) in [5.74, 6) is 0.548. The lowest BCUT2D eigenvalue weighted by Gasteiger charge is -2.22. The Bertz CT molecular complexity index is 569. The van der Waals surface area contributed by atoms with E-state index in [0.717, 1.165) is 37.2 Å². The van der Waals surface area contributed by atoms with Gasteiger partial charge in [-0.05, 0) is 39.2 Å². The van der Waals surface area contributed by atoms with E-state index < -0.39 is 0 Å². The van der Waals surface area contributed by atoms with Crippen LogP contribution in [0.1, 0.15) is 36.6 Å². The Labute approximate surface area is 130 Å². The highest BCUT2D eigenvalue weighted by Crippen LogP contribution is 2.20. The van der Waals surface area contributed by atoms with Crippen LogP contribution in [0.4, 0.5) is 5.82 Å². The van der Waals surface area contributed by atoms with E-state index in [4.69, 9.17) is 18.0 Å². The van der Waals surface area contributed by atoms with Gasteiger partial charge in [-0.25, -0.2) is 0 Å². The average molecular weight is 307 g/mol. The summed E-state index contributed by atoms with van der Waals surface area (Å²) in [5.41, 5.74) is 8.12. The molecular weight excluding hydrogens is 286 g/mol. The van der Waals surface area contributed by atoms with Crippen molar-refractivity contribution in [2.24, 2.45) is 5.73 Å². The Balaban J connectivity index is 2.20. The molecule has 1 aromatic heterocycles. The molecule has 114 valence electrons. The van der Waals surface area contributed by atoms with Gasteiger partial charge < -0.3 is 16.0 Å². The first-order valence-corrected chi connectivity index (χ1v) is 7.51. The van der Waals surface area contributed by atoms with Crippen LogP contribution in [0.25, 0.3) is 0 Å². The van der Waals surface area contributed by atoms with Crippen LogP contribution in [0.15, 0.2) is 0 Å². The first-order valence-electron chi connectivity index (χ1n) is 7.10. The van der Waals surface area contributed by atoms with Crippen molar-refractivity contribution in [3.05, 3.63) is 16.8 Å². The zero-order valence-electron chi connectivity index (χ0n) is 12.6. The molecule has 1 amide bonds. The second kappa shape index (κ2) is 6.34. The van der Waals surface area contributed by atoms with Crippen LogP contribution >= 0.6 is 12.2 Å². The van der Waals surface area contributed by atoms with Crippen LogP contribution in [-0.4, -0.2) is 45.1 Å². The zero-order chi connectivity index (χ0) is 15.6. The first kappa shape index (κ1) is 15.6. The van der Waals surface area contributed by atoms with Gasteiger partial charge in [0.25, 0.3) is 0 Å². The molecule has 0 aliphatic carbocycles. The topological polar surface area (TPSA) is 84.1 Å². The monoisotopic (exact) mass is 307 g/mol. The minimum Gasteiger partial charge on any atom is -0.389 e. The van der Waals surface area contributed by atoms with E-state index in [-0.39, 0.29) is 16.9 Å². The van der Waals surface area contributed by atoms with Crippen molar-refractivity contribution in [1.29, 1.82) is 0 Å². The van der Waals surface area contributed by atoms with Gasteiger partial charge in [0.2, 0.25) is 5.91 Å².